The molecule has 17 nitrogen and oxygen atoms in total. The Kier molecular flexibility index (Phi) is 14.8. The van der Waals surface area contributed by atoms with E-state index in [0.717, 1.165) is 6.92 Å². The molecule has 0 aromatic heterocycles. The first kappa shape index (κ1) is 33.0. The zero-order valence-corrected chi connectivity index (χ0v) is 20.4. The lowest BCUT2D eigenvalue weighted by Crippen LogP contribution is -2.58. The number of aliphatic hydroxyl groups is 1. The third kappa shape index (κ3) is 14.2. The van der Waals surface area contributed by atoms with Crippen LogP contribution in [0.1, 0.15) is 45.4 Å². The van der Waals surface area contributed by atoms with Gasteiger partial charge in [0.1, 0.15) is 12.1 Å². The van der Waals surface area contributed by atoms with E-state index in [9.17, 15) is 33.9 Å². The highest BCUT2D eigenvalue weighted by atomic mass is 16.4. The average Bonchev–Trinajstić information content (AvgIpc) is 2.78. The molecule has 14 N–H and O–H groups in total. The number of nitrogens with one attached hydrogen (secondary N) is 3. The number of carbonyl (C=O) groups is 6. The molecule has 0 rings (SSSR count). The molecule has 0 aliphatic rings. The second kappa shape index (κ2) is 16.6. The quantitative estimate of drug-likeness (QED) is 0.0453. The summed E-state index contributed by atoms with van der Waals surface area (Å²) in [6.45, 7) is 1.32. The molecule has 5 atom stereocenters. The van der Waals surface area contributed by atoms with E-state index in [4.69, 9.17) is 33.1 Å². The number of aliphatic carboxylic acids is 2. The summed E-state index contributed by atoms with van der Waals surface area (Å²) in [7, 11) is 0. The summed E-state index contributed by atoms with van der Waals surface area (Å²) >= 11 is 0. The third-order valence-electron chi connectivity index (χ3n) is 4.94. The van der Waals surface area contributed by atoms with Crippen molar-refractivity contribution >= 4 is 41.5 Å². The standard InChI is InChI=1S/C20H36N8O9/c1-9(29)15(19(36)37)28-18(35)11(4-6-13(22)30)27-17(34)12(5-7-14(31)32)26-16(33)10(21)3-2-8-25-20(23)24/h9-12,15,29H,2-8,21H2,1H3,(H2,22,30)(H,26,33)(H,27,34)(H,28,35)(H,31,32)(H,36,37)(H4,23,24,25). The smallest absolute Gasteiger partial charge is 0.328 e. The lowest BCUT2D eigenvalue weighted by atomic mass is 10.1. The van der Waals surface area contributed by atoms with Crippen molar-refractivity contribution in [1.82, 2.24) is 16.0 Å². The Morgan fingerprint density at radius 3 is 1.78 bits per heavy atom. The van der Waals surface area contributed by atoms with Crippen LogP contribution in [0.15, 0.2) is 4.99 Å². The SMILES string of the molecule is CC(O)C(NC(=O)C(CCC(N)=O)NC(=O)C(CCC(=O)O)NC(=O)C(N)CCCN=C(N)N)C(=O)O. The highest BCUT2D eigenvalue weighted by Gasteiger charge is 2.32. The van der Waals surface area contributed by atoms with Crippen molar-refractivity contribution in [1.29, 1.82) is 0 Å². The maximum absolute atomic E-state index is 12.9. The second-order valence-electron chi connectivity index (χ2n) is 8.18. The number of nitrogens with two attached hydrogens (primary N) is 4. The van der Waals surface area contributed by atoms with E-state index in [1.54, 1.807) is 0 Å². The molecule has 5 unspecified atom stereocenters. The van der Waals surface area contributed by atoms with Crippen molar-refractivity contribution in [2.75, 3.05) is 6.54 Å². The predicted molar refractivity (Wildman–Crippen MR) is 128 cm³/mol. The van der Waals surface area contributed by atoms with Crippen molar-refractivity contribution < 1.29 is 44.1 Å². The lowest BCUT2D eigenvalue weighted by molar-refractivity contribution is -0.145. The number of primary amides is 1. The molecule has 0 aliphatic carbocycles. The van der Waals surface area contributed by atoms with Crippen molar-refractivity contribution in [3.05, 3.63) is 0 Å². The number of guanidine groups is 1. The Morgan fingerprint density at radius 2 is 1.32 bits per heavy atom. The molecule has 0 spiro atoms. The zero-order chi connectivity index (χ0) is 28.7. The monoisotopic (exact) mass is 532 g/mol. The molecule has 0 fully saturated rings. The minimum atomic E-state index is -1.72. The van der Waals surface area contributed by atoms with Gasteiger partial charge in [-0.1, -0.05) is 0 Å². The molecule has 0 aliphatic heterocycles. The first-order chi connectivity index (χ1) is 17.1. The van der Waals surface area contributed by atoms with Crippen LogP contribution in [0.3, 0.4) is 0 Å². The minimum absolute atomic E-state index is 0.134. The van der Waals surface area contributed by atoms with Gasteiger partial charge in [-0.25, -0.2) is 4.79 Å². The number of aliphatic imine (C=N–C) groups is 1. The molecule has 4 amide bonds. The van der Waals surface area contributed by atoms with E-state index in [-0.39, 0.29) is 38.2 Å². The molecule has 210 valence electrons. The number of carboxylic acids is 2. The maximum Gasteiger partial charge on any atom is 0.328 e. The highest BCUT2D eigenvalue weighted by Crippen LogP contribution is 2.06. The van der Waals surface area contributed by atoms with Gasteiger partial charge in [-0.3, -0.25) is 29.0 Å². The van der Waals surface area contributed by atoms with Gasteiger partial charge >= 0.3 is 11.9 Å². The molecule has 17 heteroatoms. The number of hydrogen-bond donors (Lipinski definition) is 10. The summed E-state index contributed by atoms with van der Waals surface area (Å²) in [6, 6.07) is -5.76. The van der Waals surface area contributed by atoms with Crippen LogP contribution < -0.4 is 38.9 Å². The van der Waals surface area contributed by atoms with Gasteiger partial charge < -0.3 is 54.2 Å². The minimum Gasteiger partial charge on any atom is -0.481 e. The number of carbonyl (C=O) groups excluding carboxylic acids is 4. The van der Waals surface area contributed by atoms with Crippen LogP contribution in [-0.2, 0) is 28.8 Å². The van der Waals surface area contributed by atoms with Gasteiger partial charge in [-0.2, -0.15) is 0 Å². The summed E-state index contributed by atoms with van der Waals surface area (Å²) in [5.74, 6) is -6.60. The fourth-order valence-corrected chi connectivity index (χ4v) is 2.94. The first-order valence-corrected chi connectivity index (χ1v) is 11.3. The van der Waals surface area contributed by atoms with Gasteiger partial charge in [-0.05, 0) is 32.6 Å². The van der Waals surface area contributed by atoms with Crippen molar-refractivity contribution in [3.8, 4) is 0 Å². The Balaban J connectivity index is 5.54. The third-order valence-corrected chi connectivity index (χ3v) is 4.94. The summed E-state index contributed by atoms with van der Waals surface area (Å²) in [4.78, 5) is 75.3. The molecular weight excluding hydrogens is 496 g/mol. The molecule has 37 heavy (non-hydrogen) atoms. The second-order valence-corrected chi connectivity index (χ2v) is 8.18. The number of carboxylic acid groups (broad SMARTS) is 2. The van der Waals surface area contributed by atoms with Crippen LogP contribution in [-0.4, -0.2) is 93.7 Å². The molecule has 0 aromatic carbocycles. The largest absolute Gasteiger partial charge is 0.481 e. The van der Waals surface area contributed by atoms with Crippen LogP contribution in [0.25, 0.3) is 0 Å². The molecule has 0 radical (unpaired) electrons. The van der Waals surface area contributed by atoms with Crippen LogP contribution in [0.4, 0.5) is 0 Å². The van der Waals surface area contributed by atoms with Crippen molar-refractivity contribution in [3.63, 3.8) is 0 Å². The lowest BCUT2D eigenvalue weighted by Gasteiger charge is -2.25. The topological polar surface area (TPSA) is 316 Å². The Morgan fingerprint density at radius 1 is 0.811 bits per heavy atom. The summed E-state index contributed by atoms with van der Waals surface area (Å²) in [5, 5.41) is 34.4. The Labute approximate surface area is 212 Å². The van der Waals surface area contributed by atoms with Crippen molar-refractivity contribution in [2.45, 2.75) is 75.7 Å². The normalized spacial score (nSPS) is 14.7. The number of rotatable bonds is 18. The van der Waals surface area contributed by atoms with E-state index in [0.29, 0.717) is 6.42 Å². The number of nitrogens with zero attached hydrogens (tertiary/aromatic N) is 1. The van der Waals surface area contributed by atoms with Crippen LogP contribution in [0, 0.1) is 0 Å². The molecule has 0 saturated heterocycles. The summed E-state index contributed by atoms with van der Waals surface area (Å²) in [6.07, 6.45) is -2.65. The van der Waals surface area contributed by atoms with Gasteiger partial charge in [0.05, 0.1) is 12.1 Å². The Hall–Kier alpha value is -3.99. The molecular formula is C20H36N8O9. The molecule has 0 heterocycles. The van der Waals surface area contributed by atoms with Gasteiger partial charge in [0.15, 0.2) is 12.0 Å². The summed E-state index contributed by atoms with van der Waals surface area (Å²) < 4.78 is 0. The highest BCUT2D eigenvalue weighted by molar-refractivity contribution is 5.94. The average molecular weight is 533 g/mol. The Bertz CT molecular complexity index is 861. The van der Waals surface area contributed by atoms with Gasteiger partial charge in [0.2, 0.25) is 23.6 Å². The van der Waals surface area contributed by atoms with Gasteiger partial charge in [0, 0.05) is 19.4 Å². The van der Waals surface area contributed by atoms with Crippen LogP contribution >= 0.6 is 0 Å². The van der Waals surface area contributed by atoms with E-state index in [1.165, 1.54) is 0 Å². The van der Waals surface area contributed by atoms with E-state index >= 15 is 0 Å². The van der Waals surface area contributed by atoms with Crippen LogP contribution in [0.5, 0.6) is 0 Å². The zero-order valence-electron chi connectivity index (χ0n) is 20.4. The fraction of sp³-hybridized carbons (Fsp3) is 0.650. The van der Waals surface area contributed by atoms with Gasteiger partial charge in [-0.15, -0.1) is 0 Å². The van der Waals surface area contributed by atoms with Gasteiger partial charge in [0.25, 0.3) is 0 Å². The molecule has 0 aromatic rings. The maximum atomic E-state index is 12.9. The molecule has 0 saturated carbocycles. The molecule has 0 bridgehead atoms. The number of amides is 4. The van der Waals surface area contributed by atoms with Crippen LogP contribution in [0.2, 0.25) is 0 Å². The first-order valence-electron chi connectivity index (χ1n) is 11.3. The fourth-order valence-electron chi connectivity index (χ4n) is 2.94. The number of aliphatic hydroxyl groups excluding tert-OH is 1. The predicted octanol–water partition coefficient (Wildman–Crippen LogP) is -4.58. The van der Waals surface area contributed by atoms with Crippen molar-refractivity contribution in [2.24, 2.45) is 27.9 Å². The number of hydrogen-bond acceptors (Lipinski definition) is 9. The van der Waals surface area contributed by atoms with E-state index < -0.39 is 72.3 Å². The van der Waals surface area contributed by atoms with E-state index in [2.05, 4.69) is 15.6 Å². The summed E-state index contributed by atoms with van der Waals surface area (Å²) in [5.41, 5.74) is 21.3. The van der Waals surface area contributed by atoms with E-state index in [1.807, 2.05) is 5.32 Å².